The summed E-state index contributed by atoms with van der Waals surface area (Å²) in [6.07, 6.45) is 3.75. The number of nitrogens with one attached hydrogen (secondary N) is 1. The van der Waals surface area contributed by atoms with Crippen LogP contribution in [0.1, 0.15) is 53.4 Å². The molecule has 0 aromatic heterocycles. The van der Waals surface area contributed by atoms with Crippen molar-refractivity contribution in [2.24, 2.45) is 5.92 Å². The number of sulfonamides is 1. The van der Waals surface area contributed by atoms with E-state index in [1.807, 2.05) is 6.92 Å². The predicted octanol–water partition coefficient (Wildman–Crippen LogP) is 2.21. The number of hydrogen-bond acceptors (Lipinski definition) is 3. The Morgan fingerprint density at radius 2 is 1.79 bits per heavy atom. The summed E-state index contributed by atoms with van der Waals surface area (Å²) in [6.45, 7) is 9.96. The number of nitrogens with zero attached hydrogens (tertiary/aromatic N) is 1. The molecule has 0 aliphatic carbocycles. The van der Waals surface area contributed by atoms with Crippen LogP contribution in [0.25, 0.3) is 0 Å². The molecule has 1 aliphatic heterocycles. The molecular weight excluding hydrogens is 260 g/mol. The third kappa shape index (κ3) is 5.79. The van der Waals surface area contributed by atoms with E-state index in [0.29, 0.717) is 37.5 Å². The normalized spacial score (nSPS) is 20.9. The summed E-state index contributed by atoms with van der Waals surface area (Å²) < 4.78 is 25.6. The zero-order valence-electron chi connectivity index (χ0n) is 12.9. The monoisotopic (exact) mass is 290 g/mol. The molecule has 1 heterocycles. The topological polar surface area (TPSA) is 49.4 Å². The van der Waals surface area contributed by atoms with Gasteiger partial charge in [0.05, 0.1) is 5.75 Å². The van der Waals surface area contributed by atoms with Gasteiger partial charge in [0.1, 0.15) is 0 Å². The van der Waals surface area contributed by atoms with Crippen LogP contribution in [0.2, 0.25) is 0 Å². The van der Waals surface area contributed by atoms with Crippen molar-refractivity contribution in [2.75, 3.05) is 18.8 Å². The average molecular weight is 290 g/mol. The van der Waals surface area contributed by atoms with Crippen LogP contribution < -0.4 is 5.32 Å². The molecule has 4 nitrogen and oxygen atoms in total. The van der Waals surface area contributed by atoms with Crippen LogP contribution in [-0.4, -0.2) is 43.6 Å². The number of hydrogen-bond donors (Lipinski definition) is 1. The highest BCUT2D eigenvalue weighted by atomic mass is 32.2. The van der Waals surface area contributed by atoms with Crippen LogP contribution in [0, 0.1) is 5.92 Å². The van der Waals surface area contributed by atoms with Crippen LogP contribution >= 0.6 is 0 Å². The molecule has 0 saturated carbocycles. The summed E-state index contributed by atoms with van der Waals surface area (Å²) in [5.74, 6) is 0.988. The molecule has 1 rings (SSSR count). The standard InChI is InChI=1S/C14H30N2O2S/c1-5-10-19(17,18)16-8-6-14(7-9-16)15-13(4)11-12(2)3/h12-15H,5-11H2,1-4H3. The third-order valence-corrected chi connectivity index (χ3v) is 5.73. The van der Waals surface area contributed by atoms with E-state index in [0.717, 1.165) is 12.8 Å². The molecule has 0 aromatic carbocycles. The fraction of sp³-hybridized carbons (Fsp3) is 1.00. The van der Waals surface area contributed by atoms with Crippen molar-refractivity contribution in [2.45, 2.75) is 65.5 Å². The zero-order chi connectivity index (χ0) is 14.5. The Kier molecular flexibility index (Phi) is 6.77. The molecule has 0 radical (unpaired) electrons. The molecule has 19 heavy (non-hydrogen) atoms. The summed E-state index contributed by atoms with van der Waals surface area (Å²) in [5.41, 5.74) is 0. The SMILES string of the molecule is CCCS(=O)(=O)N1CCC(NC(C)CC(C)C)CC1. The lowest BCUT2D eigenvalue weighted by molar-refractivity contribution is 0.267. The van der Waals surface area contributed by atoms with Gasteiger partial charge < -0.3 is 5.32 Å². The van der Waals surface area contributed by atoms with Gasteiger partial charge in [0.25, 0.3) is 0 Å². The van der Waals surface area contributed by atoms with Crippen molar-refractivity contribution in [1.82, 2.24) is 9.62 Å². The molecule has 1 saturated heterocycles. The van der Waals surface area contributed by atoms with Gasteiger partial charge in [-0.3, -0.25) is 0 Å². The van der Waals surface area contributed by atoms with Crippen LogP contribution in [-0.2, 0) is 10.0 Å². The molecule has 5 heteroatoms. The second-order valence-electron chi connectivity index (χ2n) is 6.19. The van der Waals surface area contributed by atoms with Crippen molar-refractivity contribution < 1.29 is 8.42 Å². The summed E-state index contributed by atoms with van der Waals surface area (Å²) in [6, 6.07) is 0.991. The second kappa shape index (κ2) is 7.60. The molecule has 1 fully saturated rings. The Labute approximate surface area is 119 Å². The Morgan fingerprint density at radius 3 is 2.26 bits per heavy atom. The van der Waals surface area contributed by atoms with Gasteiger partial charge in [0, 0.05) is 25.2 Å². The van der Waals surface area contributed by atoms with E-state index in [-0.39, 0.29) is 5.75 Å². The van der Waals surface area contributed by atoms with Crippen molar-refractivity contribution in [3.05, 3.63) is 0 Å². The molecule has 1 N–H and O–H groups in total. The van der Waals surface area contributed by atoms with Crippen LogP contribution in [0.15, 0.2) is 0 Å². The largest absolute Gasteiger partial charge is 0.311 e. The van der Waals surface area contributed by atoms with Gasteiger partial charge in [-0.2, -0.15) is 0 Å². The predicted molar refractivity (Wildman–Crippen MR) is 80.7 cm³/mol. The number of rotatable bonds is 7. The Balaban J connectivity index is 2.37. The van der Waals surface area contributed by atoms with E-state index >= 15 is 0 Å². The van der Waals surface area contributed by atoms with Gasteiger partial charge in [-0.05, 0) is 38.5 Å². The maximum absolute atomic E-state index is 12.0. The summed E-state index contributed by atoms with van der Waals surface area (Å²) in [7, 11) is -3.00. The molecule has 0 amide bonds. The zero-order valence-corrected chi connectivity index (χ0v) is 13.7. The van der Waals surface area contributed by atoms with Crippen molar-refractivity contribution >= 4 is 10.0 Å². The summed E-state index contributed by atoms with van der Waals surface area (Å²) in [5, 5.41) is 3.63. The van der Waals surface area contributed by atoms with Gasteiger partial charge in [0.15, 0.2) is 0 Å². The van der Waals surface area contributed by atoms with E-state index in [9.17, 15) is 8.42 Å². The summed E-state index contributed by atoms with van der Waals surface area (Å²) in [4.78, 5) is 0. The maximum atomic E-state index is 12.0. The molecule has 0 bridgehead atoms. The Bertz CT molecular complexity index is 346. The third-order valence-electron chi connectivity index (χ3n) is 3.65. The van der Waals surface area contributed by atoms with E-state index in [4.69, 9.17) is 0 Å². The highest BCUT2D eigenvalue weighted by molar-refractivity contribution is 7.89. The first-order valence-corrected chi connectivity index (χ1v) is 9.20. The molecule has 1 unspecified atom stereocenters. The fourth-order valence-electron chi connectivity index (χ4n) is 2.87. The molecule has 114 valence electrons. The lowest BCUT2D eigenvalue weighted by Gasteiger charge is -2.33. The highest BCUT2D eigenvalue weighted by Gasteiger charge is 2.27. The van der Waals surface area contributed by atoms with Crippen molar-refractivity contribution in [3.8, 4) is 0 Å². The van der Waals surface area contributed by atoms with Crippen LogP contribution in [0.4, 0.5) is 0 Å². The van der Waals surface area contributed by atoms with Crippen LogP contribution in [0.5, 0.6) is 0 Å². The molecular formula is C14H30N2O2S. The minimum atomic E-state index is -3.00. The Hall–Kier alpha value is -0.130. The lowest BCUT2D eigenvalue weighted by atomic mass is 10.0. The fourth-order valence-corrected chi connectivity index (χ4v) is 4.41. The first kappa shape index (κ1) is 16.9. The lowest BCUT2D eigenvalue weighted by Crippen LogP contribution is -2.47. The van der Waals surface area contributed by atoms with Crippen molar-refractivity contribution in [1.29, 1.82) is 0 Å². The van der Waals surface area contributed by atoms with Crippen molar-refractivity contribution in [3.63, 3.8) is 0 Å². The van der Waals surface area contributed by atoms with E-state index in [1.165, 1.54) is 6.42 Å². The Morgan fingerprint density at radius 1 is 1.21 bits per heavy atom. The number of piperidine rings is 1. The minimum Gasteiger partial charge on any atom is -0.311 e. The maximum Gasteiger partial charge on any atom is 0.214 e. The molecule has 1 atom stereocenters. The summed E-state index contributed by atoms with van der Waals surface area (Å²) >= 11 is 0. The first-order valence-electron chi connectivity index (χ1n) is 7.59. The van der Waals surface area contributed by atoms with Gasteiger partial charge in [-0.1, -0.05) is 20.8 Å². The minimum absolute atomic E-state index is 0.287. The molecule has 0 aromatic rings. The average Bonchev–Trinajstić information content (AvgIpc) is 2.28. The quantitative estimate of drug-likeness (QED) is 0.782. The van der Waals surface area contributed by atoms with Gasteiger partial charge in [-0.15, -0.1) is 0 Å². The highest BCUT2D eigenvalue weighted by Crippen LogP contribution is 2.16. The van der Waals surface area contributed by atoms with Gasteiger partial charge in [-0.25, -0.2) is 12.7 Å². The second-order valence-corrected chi connectivity index (χ2v) is 8.28. The van der Waals surface area contributed by atoms with E-state index in [2.05, 4.69) is 26.1 Å². The van der Waals surface area contributed by atoms with E-state index in [1.54, 1.807) is 4.31 Å². The van der Waals surface area contributed by atoms with E-state index < -0.39 is 10.0 Å². The van der Waals surface area contributed by atoms with Gasteiger partial charge in [0.2, 0.25) is 10.0 Å². The molecule has 1 aliphatic rings. The van der Waals surface area contributed by atoms with Gasteiger partial charge >= 0.3 is 0 Å². The smallest absolute Gasteiger partial charge is 0.214 e. The molecule has 0 spiro atoms. The van der Waals surface area contributed by atoms with Crippen LogP contribution in [0.3, 0.4) is 0 Å². The first-order chi connectivity index (χ1) is 8.85.